The number of carbonyl (C=O) groups is 1. The third kappa shape index (κ3) is 4.91. The monoisotopic (exact) mass is 314 g/mol. The van der Waals surface area contributed by atoms with Gasteiger partial charge < -0.3 is 14.8 Å². The van der Waals surface area contributed by atoms with Gasteiger partial charge in [-0.2, -0.15) is 8.78 Å². The molecule has 22 heavy (non-hydrogen) atoms. The van der Waals surface area contributed by atoms with Crippen molar-refractivity contribution in [3.63, 3.8) is 0 Å². The molecule has 0 saturated heterocycles. The van der Waals surface area contributed by atoms with Crippen LogP contribution in [0.2, 0.25) is 0 Å². The maximum Gasteiger partial charge on any atom is 0.387 e. The fourth-order valence-corrected chi connectivity index (χ4v) is 2.56. The third-order valence-electron chi connectivity index (χ3n) is 3.71. The number of nitrogens with one attached hydrogen (secondary N) is 1. The molecule has 7 heteroatoms. The average molecular weight is 314 g/mol. The summed E-state index contributed by atoms with van der Waals surface area (Å²) in [4.78, 5) is 15.7. The Morgan fingerprint density at radius 2 is 2.23 bits per heavy atom. The van der Waals surface area contributed by atoms with Gasteiger partial charge in [0.15, 0.2) is 11.6 Å². The highest BCUT2D eigenvalue weighted by atomic mass is 19.3. The van der Waals surface area contributed by atoms with Gasteiger partial charge >= 0.3 is 6.61 Å². The number of anilines is 1. The Bertz CT molecular complexity index is 499. The fraction of sp³-hybridized carbons (Fsp3) is 0.600. The molecule has 1 aromatic heterocycles. The Morgan fingerprint density at radius 1 is 1.45 bits per heavy atom. The molecule has 2 rings (SSSR count). The van der Waals surface area contributed by atoms with Gasteiger partial charge in [0.05, 0.1) is 6.10 Å². The lowest BCUT2D eigenvalue weighted by Crippen LogP contribution is -2.30. The van der Waals surface area contributed by atoms with Gasteiger partial charge in [0.1, 0.15) is 6.61 Å². The van der Waals surface area contributed by atoms with E-state index < -0.39 is 12.5 Å². The topological polar surface area (TPSA) is 60.5 Å². The van der Waals surface area contributed by atoms with Crippen molar-refractivity contribution in [2.24, 2.45) is 5.92 Å². The molecule has 1 saturated carbocycles. The van der Waals surface area contributed by atoms with E-state index in [1.54, 1.807) is 0 Å². The zero-order valence-corrected chi connectivity index (χ0v) is 12.4. The van der Waals surface area contributed by atoms with Gasteiger partial charge in [-0.25, -0.2) is 4.98 Å². The lowest BCUT2D eigenvalue weighted by atomic mass is 9.88. The average Bonchev–Trinajstić information content (AvgIpc) is 2.48. The summed E-state index contributed by atoms with van der Waals surface area (Å²) in [7, 11) is 0. The van der Waals surface area contributed by atoms with Crippen LogP contribution in [0.25, 0.3) is 0 Å². The van der Waals surface area contributed by atoms with Crippen molar-refractivity contribution in [1.82, 2.24) is 4.98 Å². The molecule has 1 heterocycles. The van der Waals surface area contributed by atoms with Crippen molar-refractivity contribution in [3.05, 3.63) is 18.3 Å². The molecule has 0 aromatic carbocycles. The Morgan fingerprint density at radius 3 is 2.95 bits per heavy atom. The molecule has 1 aliphatic rings. The van der Waals surface area contributed by atoms with Gasteiger partial charge in [0, 0.05) is 6.20 Å². The summed E-state index contributed by atoms with van der Waals surface area (Å²) in [5.41, 5.74) is 0. The molecule has 1 fully saturated rings. The van der Waals surface area contributed by atoms with Crippen LogP contribution in [-0.4, -0.2) is 30.2 Å². The van der Waals surface area contributed by atoms with Gasteiger partial charge in [-0.3, -0.25) is 4.79 Å². The zero-order valence-electron chi connectivity index (χ0n) is 12.4. The van der Waals surface area contributed by atoms with E-state index in [4.69, 9.17) is 4.74 Å². The van der Waals surface area contributed by atoms with Crippen LogP contribution in [-0.2, 0) is 9.53 Å². The first-order valence-corrected chi connectivity index (χ1v) is 7.37. The van der Waals surface area contributed by atoms with E-state index in [0.717, 1.165) is 19.3 Å². The molecule has 2 unspecified atom stereocenters. The number of rotatable bonds is 6. The number of hydrogen-bond acceptors (Lipinski definition) is 4. The minimum atomic E-state index is -2.97. The molecule has 0 aliphatic heterocycles. The summed E-state index contributed by atoms with van der Waals surface area (Å²) >= 11 is 0. The Balaban J connectivity index is 1.86. The van der Waals surface area contributed by atoms with E-state index in [0.29, 0.717) is 5.92 Å². The smallest absolute Gasteiger partial charge is 0.387 e. The van der Waals surface area contributed by atoms with E-state index in [1.165, 1.54) is 24.8 Å². The van der Waals surface area contributed by atoms with Crippen molar-refractivity contribution in [2.75, 3.05) is 11.9 Å². The number of ether oxygens (including phenoxy) is 2. The van der Waals surface area contributed by atoms with Crippen molar-refractivity contribution < 1.29 is 23.0 Å². The first kappa shape index (κ1) is 16.6. The number of aromatic nitrogens is 1. The van der Waals surface area contributed by atoms with Crippen LogP contribution >= 0.6 is 0 Å². The minimum absolute atomic E-state index is 0.0342. The molecule has 2 atom stereocenters. The number of nitrogens with zero attached hydrogens (tertiary/aromatic N) is 1. The third-order valence-corrected chi connectivity index (χ3v) is 3.71. The summed E-state index contributed by atoms with van der Waals surface area (Å²) in [5.74, 6) is -0.213. The largest absolute Gasteiger partial charge is 0.431 e. The lowest BCUT2D eigenvalue weighted by Gasteiger charge is -2.28. The highest BCUT2D eigenvalue weighted by Crippen LogP contribution is 2.26. The quantitative estimate of drug-likeness (QED) is 0.876. The van der Waals surface area contributed by atoms with Crippen LogP contribution in [0.3, 0.4) is 0 Å². The van der Waals surface area contributed by atoms with Crippen molar-refractivity contribution >= 4 is 11.7 Å². The predicted molar refractivity (Wildman–Crippen MR) is 76.9 cm³/mol. The maximum atomic E-state index is 12.3. The van der Waals surface area contributed by atoms with Crippen LogP contribution in [0.5, 0.6) is 5.75 Å². The number of halogens is 2. The molecular formula is C15H20F2N2O3. The highest BCUT2D eigenvalue weighted by Gasteiger charge is 2.23. The highest BCUT2D eigenvalue weighted by molar-refractivity contribution is 5.92. The molecule has 5 nitrogen and oxygen atoms in total. The van der Waals surface area contributed by atoms with Crippen molar-refractivity contribution in [1.29, 1.82) is 0 Å². The lowest BCUT2D eigenvalue weighted by molar-refractivity contribution is -0.124. The number of amides is 1. The number of pyridine rings is 1. The van der Waals surface area contributed by atoms with E-state index >= 15 is 0 Å². The number of alkyl halides is 2. The van der Waals surface area contributed by atoms with Crippen LogP contribution in [0.15, 0.2) is 18.3 Å². The van der Waals surface area contributed by atoms with E-state index in [-0.39, 0.29) is 24.3 Å². The summed E-state index contributed by atoms with van der Waals surface area (Å²) in [6.45, 7) is -0.992. The second kappa shape index (κ2) is 8.03. The van der Waals surface area contributed by atoms with Crippen LogP contribution < -0.4 is 10.1 Å². The SMILES string of the molecule is CC1CCCCC1OCC(=O)Nc1ncccc1OC(F)F. The van der Waals surface area contributed by atoms with Gasteiger partial charge in [-0.1, -0.05) is 19.8 Å². The Labute approximate surface area is 128 Å². The molecule has 122 valence electrons. The fourth-order valence-electron chi connectivity index (χ4n) is 2.56. The Kier molecular flexibility index (Phi) is 6.06. The van der Waals surface area contributed by atoms with Gasteiger partial charge in [0.25, 0.3) is 5.91 Å². The van der Waals surface area contributed by atoms with Crippen LogP contribution in [0, 0.1) is 5.92 Å². The minimum Gasteiger partial charge on any atom is -0.431 e. The molecule has 0 bridgehead atoms. The summed E-state index contributed by atoms with van der Waals surface area (Å²) in [6.07, 6.45) is 5.79. The van der Waals surface area contributed by atoms with Crippen molar-refractivity contribution in [2.45, 2.75) is 45.3 Å². The van der Waals surface area contributed by atoms with Crippen molar-refractivity contribution in [3.8, 4) is 5.75 Å². The molecule has 1 aliphatic carbocycles. The molecule has 1 aromatic rings. The number of hydrogen-bond donors (Lipinski definition) is 1. The van der Waals surface area contributed by atoms with Crippen LogP contribution in [0.1, 0.15) is 32.6 Å². The summed E-state index contributed by atoms with van der Waals surface area (Å²) in [6, 6.07) is 2.77. The second-order valence-electron chi connectivity index (χ2n) is 5.39. The zero-order chi connectivity index (χ0) is 15.9. The van der Waals surface area contributed by atoms with Gasteiger partial charge in [-0.05, 0) is 30.9 Å². The first-order chi connectivity index (χ1) is 10.6. The Hall–Kier alpha value is -1.76. The molecular weight excluding hydrogens is 294 g/mol. The van der Waals surface area contributed by atoms with Gasteiger partial charge in [-0.15, -0.1) is 0 Å². The first-order valence-electron chi connectivity index (χ1n) is 7.37. The molecule has 0 radical (unpaired) electrons. The maximum absolute atomic E-state index is 12.3. The molecule has 1 N–H and O–H groups in total. The normalized spacial score (nSPS) is 21.6. The second-order valence-corrected chi connectivity index (χ2v) is 5.39. The predicted octanol–water partition coefficient (Wildman–Crippen LogP) is 3.22. The van der Waals surface area contributed by atoms with E-state index in [9.17, 15) is 13.6 Å². The molecule has 0 spiro atoms. The van der Waals surface area contributed by atoms with Gasteiger partial charge in [0.2, 0.25) is 0 Å². The summed E-state index contributed by atoms with van der Waals surface area (Å²) in [5, 5.41) is 2.44. The van der Waals surface area contributed by atoms with Crippen LogP contribution in [0.4, 0.5) is 14.6 Å². The van der Waals surface area contributed by atoms with E-state index in [1.807, 2.05) is 0 Å². The number of carbonyl (C=O) groups excluding carboxylic acids is 1. The van der Waals surface area contributed by atoms with E-state index in [2.05, 4.69) is 22.0 Å². The standard InChI is InChI=1S/C15H20F2N2O3/c1-10-5-2-3-6-11(10)21-9-13(20)19-14-12(22-15(16)17)7-4-8-18-14/h4,7-8,10-11,15H,2-3,5-6,9H2,1H3,(H,18,19,20). The summed E-state index contributed by atoms with van der Waals surface area (Å²) < 4.78 is 34.5. The molecule has 1 amide bonds.